The number of ether oxygens (including phenoxy) is 1. The van der Waals surface area contributed by atoms with Crippen LogP contribution in [0.2, 0.25) is 0 Å². The molecule has 1 unspecified atom stereocenters. The zero-order chi connectivity index (χ0) is 19.1. The summed E-state index contributed by atoms with van der Waals surface area (Å²) in [4.78, 5) is 28.4. The molecule has 3 aromatic rings. The van der Waals surface area contributed by atoms with Crippen LogP contribution in [-0.2, 0) is 24.3 Å². The highest BCUT2D eigenvalue weighted by Gasteiger charge is 2.29. The summed E-state index contributed by atoms with van der Waals surface area (Å²) in [5, 5.41) is 5.58. The molecule has 28 heavy (non-hydrogen) atoms. The number of pyridine rings is 1. The van der Waals surface area contributed by atoms with Gasteiger partial charge in [-0.3, -0.25) is 4.79 Å². The smallest absolute Gasteiger partial charge is 0.267 e. The van der Waals surface area contributed by atoms with Crippen molar-refractivity contribution in [3.63, 3.8) is 0 Å². The molecule has 2 aliphatic rings. The van der Waals surface area contributed by atoms with E-state index in [1.54, 1.807) is 16.9 Å². The molecule has 144 valence electrons. The Kier molecular flexibility index (Phi) is 4.27. The van der Waals surface area contributed by atoms with Gasteiger partial charge in [0.1, 0.15) is 11.6 Å². The molecule has 5 heterocycles. The predicted octanol–water partition coefficient (Wildman–Crippen LogP) is 1.63. The van der Waals surface area contributed by atoms with E-state index in [1.165, 1.54) is 0 Å². The summed E-state index contributed by atoms with van der Waals surface area (Å²) in [5.74, 6) is 1.61. The van der Waals surface area contributed by atoms with Crippen molar-refractivity contribution in [2.75, 3.05) is 18.1 Å². The number of fused-ring (bicyclic) bond motifs is 2. The molecule has 1 saturated heterocycles. The van der Waals surface area contributed by atoms with Crippen LogP contribution in [-0.4, -0.2) is 43.9 Å². The number of aryl methyl sites for hydroxylation is 1. The van der Waals surface area contributed by atoms with Crippen LogP contribution in [0.15, 0.2) is 29.2 Å². The number of anilines is 1. The average molecular weight is 378 g/mol. The molecular weight excluding hydrogens is 356 g/mol. The fourth-order valence-corrected chi connectivity index (χ4v) is 4.16. The lowest BCUT2D eigenvalue weighted by atomic mass is 10.1. The molecule has 8 heteroatoms. The van der Waals surface area contributed by atoms with Crippen LogP contribution in [0.1, 0.15) is 29.9 Å². The van der Waals surface area contributed by atoms with Crippen LogP contribution < -0.4 is 10.5 Å². The third kappa shape index (κ3) is 3.03. The summed E-state index contributed by atoms with van der Waals surface area (Å²) in [7, 11) is 0. The van der Waals surface area contributed by atoms with Crippen molar-refractivity contribution in [2.45, 2.75) is 45.4 Å². The largest absolute Gasteiger partial charge is 0.376 e. The van der Waals surface area contributed by atoms with Gasteiger partial charge < -0.3 is 9.64 Å². The summed E-state index contributed by atoms with van der Waals surface area (Å²) in [6, 6.07) is 5.76. The zero-order valence-corrected chi connectivity index (χ0v) is 15.8. The Labute approximate surface area is 162 Å². The van der Waals surface area contributed by atoms with E-state index in [0.29, 0.717) is 31.2 Å². The Morgan fingerprint density at radius 3 is 3.18 bits per heavy atom. The van der Waals surface area contributed by atoms with Crippen molar-refractivity contribution >= 4 is 16.9 Å². The zero-order valence-electron chi connectivity index (χ0n) is 15.8. The van der Waals surface area contributed by atoms with Crippen molar-refractivity contribution in [3.05, 3.63) is 51.8 Å². The maximum absolute atomic E-state index is 12.6. The van der Waals surface area contributed by atoms with E-state index < -0.39 is 0 Å². The second-order valence-corrected chi connectivity index (χ2v) is 7.40. The lowest BCUT2D eigenvalue weighted by molar-refractivity contribution is 0.108. The van der Waals surface area contributed by atoms with Crippen molar-refractivity contribution in [2.24, 2.45) is 0 Å². The molecule has 2 aliphatic heterocycles. The van der Waals surface area contributed by atoms with Gasteiger partial charge in [0.2, 0.25) is 0 Å². The van der Waals surface area contributed by atoms with Gasteiger partial charge >= 0.3 is 0 Å². The number of rotatable bonds is 3. The minimum absolute atomic E-state index is 0.0681. The molecule has 1 fully saturated rings. The van der Waals surface area contributed by atoms with Gasteiger partial charge in [0.15, 0.2) is 5.65 Å². The minimum Gasteiger partial charge on any atom is -0.376 e. The lowest BCUT2D eigenvalue weighted by Crippen LogP contribution is -2.38. The van der Waals surface area contributed by atoms with Gasteiger partial charge in [-0.2, -0.15) is 5.10 Å². The standard InChI is InChI=1S/C20H22N6O2/c1-13-22-19-16(5-2-7-21-19)20(23-13)25-8-3-4-15(25)11-26-18(27)10-14-12-28-9-6-17(14)24-26/h2,5,7,10,15H,3-4,6,8-9,11-12H2,1H3. The van der Waals surface area contributed by atoms with Crippen molar-refractivity contribution in [1.29, 1.82) is 0 Å². The highest BCUT2D eigenvalue weighted by atomic mass is 16.5. The third-order valence-electron chi connectivity index (χ3n) is 5.50. The molecule has 1 atom stereocenters. The van der Waals surface area contributed by atoms with E-state index >= 15 is 0 Å². The predicted molar refractivity (Wildman–Crippen MR) is 104 cm³/mol. The minimum atomic E-state index is -0.0681. The normalized spacial score (nSPS) is 19.2. The van der Waals surface area contributed by atoms with E-state index in [-0.39, 0.29) is 11.6 Å². The Morgan fingerprint density at radius 1 is 1.32 bits per heavy atom. The van der Waals surface area contributed by atoms with Crippen molar-refractivity contribution < 1.29 is 4.74 Å². The Morgan fingerprint density at radius 2 is 2.25 bits per heavy atom. The Bertz CT molecular complexity index is 1100. The summed E-state index contributed by atoms with van der Waals surface area (Å²) < 4.78 is 7.05. The molecule has 0 saturated carbocycles. The third-order valence-corrected chi connectivity index (χ3v) is 5.50. The quantitative estimate of drug-likeness (QED) is 0.685. The molecule has 3 aromatic heterocycles. The van der Waals surface area contributed by atoms with Gasteiger partial charge in [-0.25, -0.2) is 19.6 Å². The fourth-order valence-electron chi connectivity index (χ4n) is 4.16. The Balaban J connectivity index is 1.50. The van der Waals surface area contributed by atoms with E-state index in [9.17, 15) is 4.79 Å². The van der Waals surface area contributed by atoms with E-state index in [0.717, 1.165) is 48.3 Å². The van der Waals surface area contributed by atoms with E-state index in [4.69, 9.17) is 9.72 Å². The monoisotopic (exact) mass is 378 g/mol. The molecule has 0 aromatic carbocycles. The first-order chi connectivity index (χ1) is 13.7. The molecule has 5 rings (SSSR count). The fraction of sp³-hybridized carbons (Fsp3) is 0.450. The van der Waals surface area contributed by atoms with E-state index in [2.05, 4.69) is 20.0 Å². The summed E-state index contributed by atoms with van der Waals surface area (Å²) >= 11 is 0. The van der Waals surface area contributed by atoms with Crippen LogP contribution in [0.4, 0.5) is 5.82 Å². The maximum Gasteiger partial charge on any atom is 0.267 e. The van der Waals surface area contributed by atoms with Crippen molar-refractivity contribution in [1.82, 2.24) is 24.7 Å². The number of nitrogens with zero attached hydrogens (tertiary/aromatic N) is 6. The maximum atomic E-state index is 12.6. The van der Waals surface area contributed by atoms with Crippen LogP contribution >= 0.6 is 0 Å². The Hall–Kier alpha value is -2.87. The number of aromatic nitrogens is 5. The highest BCUT2D eigenvalue weighted by molar-refractivity contribution is 5.87. The number of hydrogen-bond donors (Lipinski definition) is 0. The van der Waals surface area contributed by atoms with Gasteiger partial charge in [-0.1, -0.05) is 0 Å². The van der Waals surface area contributed by atoms with Crippen LogP contribution in [0.25, 0.3) is 11.0 Å². The molecule has 8 nitrogen and oxygen atoms in total. The second kappa shape index (κ2) is 6.94. The SMILES string of the molecule is Cc1nc(N2CCCC2Cn2nc3c(cc2=O)COCC3)c2cccnc2n1. The van der Waals surface area contributed by atoms with Gasteiger partial charge in [0, 0.05) is 30.8 Å². The van der Waals surface area contributed by atoms with Crippen LogP contribution in [0, 0.1) is 6.92 Å². The summed E-state index contributed by atoms with van der Waals surface area (Å²) in [6.45, 7) is 4.48. The molecule has 0 spiro atoms. The highest BCUT2D eigenvalue weighted by Crippen LogP contribution is 2.30. The molecule has 0 radical (unpaired) electrons. The lowest BCUT2D eigenvalue weighted by Gasteiger charge is -2.27. The molecule has 0 bridgehead atoms. The summed E-state index contributed by atoms with van der Waals surface area (Å²) in [6.07, 6.45) is 4.56. The first-order valence-corrected chi connectivity index (χ1v) is 9.73. The van der Waals surface area contributed by atoms with Gasteiger partial charge in [0.05, 0.1) is 36.9 Å². The first kappa shape index (κ1) is 17.2. The van der Waals surface area contributed by atoms with E-state index in [1.807, 2.05) is 19.1 Å². The van der Waals surface area contributed by atoms with Gasteiger partial charge in [-0.05, 0) is 31.9 Å². The molecule has 0 aliphatic carbocycles. The van der Waals surface area contributed by atoms with Gasteiger partial charge in [-0.15, -0.1) is 0 Å². The second-order valence-electron chi connectivity index (χ2n) is 7.40. The topological polar surface area (TPSA) is 86.0 Å². The van der Waals surface area contributed by atoms with Crippen molar-refractivity contribution in [3.8, 4) is 0 Å². The average Bonchev–Trinajstić information content (AvgIpc) is 3.16. The molecule has 0 N–H and O–H groups in total. The number of hydrogen-bond acceptors (Lipinski definition) is 7. The van der Waals surface area contributed by atoms with Crippen LogP contribution in [0.3, 0.4) is 0 Å². The summed E-state index contributed by atoms with van der Waals surface area (Å²) in [5.41, 5.74) is 2.53. The van der Waals surface area contributed by atoms with Gasteiger partial charge in [0.25, 0.3) is 5.56 Å². The van der Waals surface area contributed by atoms with Crippen LogP contribution in [0.5, 0.6) is 0 Å². The first-order valence-electron chi connectivity index (χ1n) is 9.73. The molecular formula is C20H22N6O2. The molecule has 0 amide bonds.